The Morgan fingerprint density at radius 3 is 2.38 bits per heavy atom. The van der Waals surface area contributed by atoms with Crippen molar-refractivity contribution in [1.82, 2.24) is 14.9 Å². The van der Waals surface area contributed by atoms with E-state index in [0.29, 0.717) is 30.1 Å². The molecule has 1 aliphatic heterocycles. The molecule has 0 atom stereocenters. The maximum absolute atomic E-state index is 13.4. The molecule has 2 aliphatic rings. The number of amides is 1. The Hall–Kier alpha value is -2.90. The average Bonchev–Trinajstić information content (AvgIpc) is 3.14. The molecule has 1 aromatic carbocycles. The van der Waals surface area contributed by atoms with E-state index in [-0.39, 0.29) is 30.3 Å². The minimum absolute atomic E-state index is 0.0522. The van der Waals surface area contributed by atoms with Gasteiger partial charge in [-0.05, 0) is 37.8 Å². The van der Waals surface area contributed by atoms with Crippen molar-refractivity contribution in [3.05, 3.63) is 47.9 Å². The van der Waals surface area contributed by atoms with E-state index in [0.717, 1.165) is 31.7 Å². The molecule has 2 aromatic rings. The molecule has 4 rings (SSSR count). The Balaban J connectivity index is 1.33. The third kappa shape index (κ3) is 4.41. The molecule has 1 saturated heterocycles. The summed E-state index contributed by atoms with van der Waals surface area (Å²) in [6, 6.07) is 3.32. The highest BCUT2D eigenvalue weighted by Crippen LogP contribution is 2.30. The molecule has 1 aliphatic carbocycles. The van der Waals surface area contributed by atoms with Crippen LogP contribution in [0.5, 0.6) is 0 Å². The molecular formula is C21H21F2N3O3. The number of halogens is 2. The topological polar surface area (TPSA) is 72.4 Å². The molecule has 6 nitrogen and oxygen atoms in total. The first-order valence-electron chi connectivity index (χ1n) is 9.73. The van der Waals surface area contributed by atoms with Gasteiger partial charge < -0.3 is 9.64 Å². The Labute approximate surface area is 166 Å². The van der Waals surface area contributed by atoms with E-state index in [2.05, 4.69) is 9.97 Å². The quantitative estimate of drug-likeness (QED) is 0.766. The maximum Gasteiger partial charge on any atom is 0.410 e. The minimum Gasteiger partial charge on any atom is -0.448 e. The zero-order valence-electron chi connectivity index (χ0n) is 15.8. The monoisotopic (exact) mass is 401 g/mol. The normalized spacial score (nSPS) is 21.9. The number of carbonyl (C=O) groups excluding carboxylic acids is 2. The van der Waals surface area contributed by atoms with Gasteiger partial charge in [0.05, 0.1) is 30.6 Å². The predicted molar refractivity (Wildman–Crippen MR) is 99.9 cm³/mol. The number of nitrogens with zero attached hydrogens (tertiary/aromatic N) is 3. The molecule has 8 heteroatoms. The van der Waals surface area contributed by atoms with Crippen molar-refractivity contribution in [3.63, 3.8) is 0 Å². The highest BCUT2D eigenvalue weighted by Gasteiger charge is 2.34. The number of ether oxygens (including phenoxy) is 1. The first-order valence-corrected chi connectivity index (χ1v) is 9.73. The van der Waals surface area contributed by atoms with Gasteiger partial charge in [0, 0.05) is 29.8 Å². The second-order valence-electron chi connectivity index (χ2n) is 7.51. The van der Waals surface area contributed by atoms with Crippen LogP contribution in [0.3, 0.4) is 0 Å². The van der Waals surface area contributed by atoms with Crippen LogP contribution in [-0.2, 0) is 16.0 Å². The molecule has 2 fully saturated rings. The number of hydrogen-bond donors (Lipinski definition) is 0. The third-order valence-electron chi connectivity index (χ3n) is 5.60. The number of hydrogen-bond acceptors (Lipinski definition) is 5. The van der Waals surface area contributed by atoms with Gasteiger partial charge in [-0.2, -0.15) is 0 Å². The lowest BCUT2D eigenvalue weighted by atomic mass is 9.82. The van der Waals surface area contributed by atoms with Crippen LogP contribution in [0.1, 0.15) is 31.4 Å². The van der Waals surface area contributed by atoms with E-state index >= 15 is 0 Å². The molecule has 29 heavy (non-hydrogen) atoms. The van der Waals surface area contributed by atoms with Crippen LogP contribution in [0.2, 0.25) is 0 Å². The second kappa shape index (κ2) is 8.23. The van der Waals surface area contributed by atoms with Gasteiger partial charge in [0.25, 0.3) is 0 Å². The molecule has 0 spiro atoms. The van der Waals surface area contributed by atoms with Gasteiger partial charge in [-0.1, -0.05) is 0 Å². The number of carbonyl (C=O) groups is 2. The van der Waals surface area contributed by atoms with Gasteiger partial charge in [0.1, 0.15) is 24.0 Å². The van der Waals surface area contributed by atoms with Gasteiger partial charge in [0.15, 0.2) is 0 Å². The number of rotatable bonds is 5. The predicted octanol–water partition coefficient (Wildman–Crippen LogP) is 3.54. The number of benzene rings is 1. The highest BCUT2D eigenvalue weighted by molar-refractivity contribution is 5.83. The highest BCUT2D eigenvalue weighted by atomic mass is 19.1. The minimum atomic E-state index is -0.682. The van der Waals surface area contributed by atoms with Gasteiger partial charge in [-0.25, -0.2) is 13.6 Å². The fourth-order valence-electron chi connectivity index (χ4n) is 4.07. The van der Waals surface area contributed by atoms with E-state index in [1.807, 2.05) is 0 Å². The Morgan fingerprint density at radius 2 is 1.79 bits per heavy atom. The lowest BCUT2D eigenvalue weighted by molar-refractivity contribution is -0.123. The lowest BCUT2D eigenvalue weighted by Crippen LogP contribution is -2.39. The summed E-state index contributed by atoms with van der Waals surface area (Å²) in [6.45, 7) is 1.06. The molecule has 0 N–H and O–H groups in total. The number of cyclic esters (lactones) is 1. The smallest absolute Gasteiger partial charge is 0.410 e. The van der Waals surface area contributed by atoms with Gasteiger partial charge >= 0.3 is 6.09 Å². The van der Waals surface area contributed by atoms with E-state index in [1.54, 1.807) is 4.90 Å². The van der Waals surface area contributed by atoms with Crippen LogP contribution in [0.15, 0.2) is 30.6 Å². The van der Waals surface area contributed by atoms with E-state index in [9.17, 15) is 18.4 Å². The second-order valence-corrected chi connectivity index (χ2v) is 7.51. The summed E-state index contributed by atoms with van der Waals surface area (Å²) in [4.78, 5) is 34.5. The van der Waals surface area contributed by atoms with Crippen molar-refractivity contribution in [1.29, 1.82) is 0 Å². The summed E-state index contributed by atoms with van der Waals surface area (Å²) in [5, 5.41) is 0. The Kier molecular flexibility index (Phi) is 5.51. The molecule has 1 aromatic heterocycles. The molecular weight excluding hydrogens is 380 g/mol. The van der Waals surface area contributed by atoms with Crippen LogP contribution < -0.4 is 0 Å². The zero-order valence-corrected chi connectivity index (χ0v) is 15.8. The lowest BCUT2D eigenvalue weighted by Gasteiger charge is -2.32. The molecule has 1 amide bonds. The number of Topliss-reactive ketones (excluding diaryl/α,β-unsaturated/α-hetero) is 1. The van der Waals surface area contributed by atoms with Crippen molar-refractivity contribution >= 4 is 11.9 Å². The van der Waals surface area contributed by atoms with Crippen molar-refractivity contribution in [2.24, 2.45) is 5.92 Å². The summed E-state index contributed by atoms with van der Waals surface area (Å²) in [5.41, 5.74) is 1.17. The van der Waals surface area contributed by atoms with Crippen LogP contribution in [-0.4, -0.2) is 45.9 Å². The van der Waals surface area contributed by atoms with Gasteiger partial charge in [-0.3, -0.25) is 14.8 Å². The Morgan fingerprint density at radius 1 is 1.07 bits per heavy atom. The summed E-state index contributed by atoms with van der Waals surface area (Å²) < 4.78 is 31.7. The molecule has 1 saturated carbocycles. The van der Waals surface area contributed by atoms with Crippen LogP contribution in [0.4, 0.5) is 13.6 Å². The van der Waals surface area contributed by atoms with E-state index < -0.39 is 11.6 Å². The Bertz CT molecular complexity index is 892. The summed E-state index contributed by atoms with van der Waals surface area (Å²) in [6.07, 6.45) is 5.87. The summed E-state index contributed by atoms with van der Waals surface area (Å²) in [5.74, 6) is -1.31. The summed E-state index contributed by atoms with van der Waals surface area (Å²) in [7, 11) is 0. The van der Waals surface area contributed by atoms with E-state index in [4.69, 9.17) is 4.74 Å². The van der Waals surface area contributed by atoms with Crippen LogP contribution in [0.25, 0.3) is 11.3 Å². The molecule has 0 radical (unpaired) electrons. The van der Waals surface area contributed by atoms with Crippen molar-refractivity contribution in [3.8, 4) is 11.3 Å². The largest absolute Gasteiger partial charge is 0.448 e. The van der Waals surface area contributed by atoms with Gasteiger partial charge in [-0.15, -0.1) is 0 Å². The number of ketones is 1. The fraction of sp³-hybridized carbons (Fsp3) is 0.429. The standard InChI is InChI=1S/C21H21F2N3O3/c22-15-7-14(8-16(23)9-15)19-12-24-17(11-25-19)10-20(27)13-1-3-18(4-2-13)26-5-6-29-21(26)28/h7-9,11-13,18H,1-6,10H2. The van der Waals surface area contributed by atoms with Crippen molar-refractivity contribution < 1.29 is 23.1 Å². The van der Waals surface area contributed by atoms with Gasteiger partial charge in [0.2, 0.25) is 0 Å². The molecule has 152 valence electrons. The summed E-state index contributed by atoms with van der Waals surface area (Å²) >= 11 is 0. The van der Waals surface area contributed by atoms with Crippen LogP contribution >= 0.6 is 0 Å². The third-order valence-corrected chi connectivity index (χ3v) is 5.60. The first kappa shape index (κ1) is 19.4. The first-order chi connectivity index (χ1) is 14.0. The van der Waals surface area contributed by atoms with Crippen LogP contribution in [0, 0.1) is 17.6 Å². The number of aromatic nitrogens is 2. The SMILES string of the molecule is O=C(Cc1cnc(-c2cc(F)cc(F)c2)cn1)C1CCC(N2CCOC2=O)CC1. The fourth-order valence-corrected chi connectivity index (χ4v) is 4.07. The van der Waals surface area contributed by atoms with Crippen molar-refractivity contribution in [2.75, 3.05) is 13.2 Å². The average molecular weight is 401 g/mol. The van der Waals surface area contributed by atoms with Crippen molar-refractivity contribution in [2.45, 2.75) is 38.1 Å². The van der Waals surface area contributed by atoms with E-state index in [1.165, 1.54) is 24.5 Å². The zero-order chi connectivity index (χ0) is 20.4. The molecule has 2 heterocycles. The molecule has 0 bridgehead atoms. The molecule has 0 unspecified atom stereocenters. The maximum atomic E-state index is 13.4.